The Morgan fingerprint density at radius 2 is 2.00 bits per heavy atom. The van der Waals surface area contributed by atoms with Gasteiger partial charge >= 0.3 is 0 Å². The van der Waals surface area contributed by atoms with Gasteiger partial charge in [0.1, 0.15) is 12.0 Å². The van der Waals surface area contributed by atoms with Crippen molar-refractivity contribution in [1.29, 1.82) is 0 Å². The van der Waals surface area contributed by atoms with E-state index in [0.29, 0.717) is 15.7 Å². The normalized spacial score (nSPS) is 10.3. The predicted molar refractivity (Wildman–Crippen MR) is 76.9 cm³/mol. The Kier molecular flexibility index (Phi) is 4.89. The highest BCUT2D eigenvalue weighted by atomic mass is 35.5. The molecule has 0 unspecified atom stereocenters. The van der Waals surface area contributed by atoms with Crippen LogP contribution < -0.4 is 5.32 Å². The summed E-state index contributed by atoms with van der Waals surface area (Å²) in [5, 5.41) is 12.1. The quantitative estimate of drug-likeness (QED) is 0.907. The molecule has 0 aliphatic carbocycles. The minimum Gasteiger partial charge on any atom is -0.395 e. The third-order valence-corrected chi connectivity index (χ3v) is 3.25. The van der Waals surface area contributed by atoms with E-state index in [4.69, 9.17) is 28.3 Å². The molecule has 0 saturated carbocycles. The van der Waals surface area contributed by atoms with Gasteiger partial charge in [0, 0.05) is 12.1 Å². The van der Waals surface area contributed by atoms with Crippen molar-refractivity contribution in [2.24, 2.45) is 0 Å². The van der Waals surface area contributed by atoms with Crippen molar-refractivity contribution in [3.05, 3.63) is 46.3 Å². The third kappa shape index (κ3) is 3.45. The largest absolute Gasteiger partial charge is 0.395 e. The van der Waals surface area contributed by atoms with Gasteiger partial charge in [0.15, 0.2) is 0 Å². The molecule has 0 atom stereocenters. The summed E-state index contributed by atoms with van der Waals surface area (Å²) in [5.74, 6) is -0.372. The summed E-state index contributed by atoms with van der Waals surface area (Å²) in [4.78, 5) is 19.7. The molecule has 1 aromatic heterocycles. The highest BCUT2D eigenvalue weighted by molar-refractivity contribution is 6.42. The number of aromatic nitrogens is 2. The van der Waals surface area contributed by atoms with Gasteiger partial charge in [-0.3, -0.25) is 4.79 Å². The van der Waals surface area contributed by atoms with Gasteiger partial charge in [-0.1, -0.05) is 29.3 Å². The van der Waals surface area contributed by atoms with Crippen LogP contribution in [0.4, 0.5) is 0 Å². The van der Waals surface area contributed by atoms with Gasteiger partial charge in [0.2, 0.25) is 0 Å². The number of hydrogen-bond donors (Lipinski definition) is 2. The molecule has 2 N–H and O–H groups in total. The molecule has 0 saturated heterocycles. The smallest absolute Gasteiger partial charge is 0.270 e. The van der Waals surface area contributed by atoms with Crippen LogP contribution in [-0.4, -0.2) is 34.1 Å². The second-order valence-corrected chi connectivity index (χ2v) is 4.71. The van der Waals surface area contributed by atoms with Gasteiger partial charge in [0.25, 0.3) is 5.91 Å². The third-order valence-electron chi connectivity index (χ3n) is 2.51. The lowest BCUT2D eigenvalue weighted by Gasteiger charge is -2.05. The fourth-order valence-electron chi connectivity index (χ4n) is 1.55. The van der Waals surface area contributed by atoms with Crippen molar-refractivity contribution in [1.82, 2.24) is 15.3 Å². The summed E-state index contributed by atoms with van der Waals surface area (Å²) in [6.45, 7) is 0.0431. The fraction of sp³-hybridized carbons (Fsp3) is 0.154. The lowest BCUT2D eigenvalue weighted by molar-refractivity contribution is 0.0939. The number of hydrogen-bond acceptors (Lipinski definition) is 4. The van der Waals surface area contributed by atoms with Gasteiger partial charge in [-0.25, -0.2) is 9.97 Å². The van der Waals surface area contributed by atoms with Crippen molar-refractivity contribution in [3.63, 3.8) is 0 Å². The molecule has 1 aromatic carbocycles. The van der Waals surface area contributed by atoms with Gasteiger partial charge in [-0.2, -0.15) is 0 Å². The Bertz CT molecular complexity index is 635. The van der Waals surface area contributed by atoms with Crippen molar-refractivity contribution < 1.29 is 9.90 Å². The van der Waals surface area contributed by atoms with Crippen molar-refractivity contribution in [2.75, 3.05) is 13.2 Å². The first-order valence-corrected chi connectivity index (χ1v) is 6.54. The maximum atomic E-state index is 11.7. The van der Waals surface area contributed by atoms with Gasteiger partial charge < -0.3 is 10.4 Å². The minimum atomic E-state index is -0.372. The molecule has 5 nitrogen and oxygen atoms in total. The number of halogens is 2. The van der Waals surface area contributed by atoms with E-state index in [0.717, 1.165) is 5.56 Å². The number of aliphatic hydroxyl groups is 1. The zero-order valence-electron chi connectivity index (χ0n) is 10.3. The lowest BCUT2D eigenvalue weighted by Crippen LogP contribution is -2.27. The molecule has 2 rings (SSSR count). The first-order chi connectivity index (χ1) is 9.61. The first kappa shape index (κ1) is 14.7. The monoisotopic (exact) mass is 311 g/mol. The number of aliphatic hydroxyl groups excluding tert-OH is 1. The van der Waals surface area contributed by atoms with E-state index in [1.165, 1.54) is 6.33 Å². The number of carbonyl (C=O) groups excluding carboxylic acids is 1. The van der Waals surface area contributed by atoms with Crippen LogP contribution in [0.5, 0.6) is 0 Å². The van der Waals surface area contributed by atoms with Gasteiger partial charge in [-0.15, -0.1) is 0 Å². The van der Waals surface area contributed by atoms with Crippen LogP contribution in [0, 0.1) is 0 Å². The van der Waals surface area contributed by atoms with Crippen LogP contribution in [-0.2, 0) is 0 Å². The fourth-order valence-corrected chi connectivity index (χ4v) is 1.85. The molecule has 0 spiro atoms. The molecule has 1 amide bonds. The van der Waals surface area contributed by atoms with E-state index in [2.05, 4.69) is 15.3 Å². The summed E-state index contributed by atoms with van der Waals surface area (Å²) < 4.78 is 0. The van der Waals surface area contributed by atoms with Crippen molar-refractivity contribution in [2.45, 2.75) is 0 Å². The number of nitrogens with zero attached hydrogens (tertiary/aromatic N) is 2. The van der Waals surface area contributed by atoms with Crippen LogP contribution in [0.2, 0.25) is 10.0 Å². The molecule has 2 aromatic rings. The molecule has 7 heteroatoms. The highest BCUT2D eigenvalue weighted by Crippen LogP contribution is 2.27. The molecular weight excluding hydrogens is 301 g/mol. The van der Waals surface area contributed by atoms with Gasteiger partial charge in [0.05, 0.1) is 22.3 Å². The maximum absolute atomic E-state index is 11.7. The van der Waals surface area contributed by atoms with E-state index in [1.54, 1.807) is 24.3 Å². The van der Waals surface area contributed by atoms with E-state index < -0.39 is 0 Å². The minimum absolute atomic E-state index is 0.128. The van der Waals surface area contributed by atoms with Gasteiger partial charge in [-0.05, 0) is 18.2 Å². The zero-order chi connectivity index (χ0) is 14.5. The van der Waals surface area contributed by atoms with Crippen LogP contribution in [0.15, 0.2) is 30.6 Å². The summed E-state index contributed by atoms with van der Waals surface area (Å²) in [6, 6.07) is 6.63. The maximum Gasteiger partial charge on any atom is 0.270 e. The number of nitrogens with one attached hydrogen (secondary N) is 1. The number of benzene rings is 1. The number of carbonyl (C=O) groups is 1. The van der Waals surface area contributed by atoms with Crippen LogP contribution in [0.1, 0.15) is 10.5 Å². The second-order valence-electron chi connectivity index (χ2n) is 3.90. The van der Waals surface area contributed by atoms with Crippen LogP contribution in [0.3, 0.4) is 0 Å². The predicted octanol–water partition coefficient (Wildman–Crippen LogP) is 2.17. The second kappa shape index (κ2) is 6.65. The molecule has 20 heavy (non-hydrogen) atoms. The summed E-state index contributed by atoms with van der Waals surface area (Å²) >= 11 is 11.8. The van der Waals surface area contributed by atoms with E-state index in [1.807, 2.05) is 0 Å². The Hall–Kier alpha value is -1.69. The van der Waals surface area contributed by atoms with Crippen molar-refractivity contribution >= 4 is 29.1 Å². The highest BCUT2D eigenvalue weighted by Gasteiger charge is 2.10. The zero-order valence-corrected chi connectivity index (χ0v) is 11.8. The van der Waals surface area contributed by atoms with E-state index in [-0.39, 0.29) is 24.8 Å². The first-order valence-electron chi connectivity index (χ1n) is 5.78. The molecule has 104 valence electrons. The number of rotatable bonds is 4. The van der Waals surface area contributed by atoms with E-state index in [9.17, 15) is 4.79 Å². The SMILES string of the molecule is O=C(NCCO)c1cc(-c2ccc(Cl)c(Cl)c2)ncn1. The average molecular weight is 312 g/mol. The Labute approximate surface area is 125 Å². The van der Waals surface area contributed by atoms with Crippen LogP contribution in [0.25, 0.3) is 11.3 Å². The summed E-state index contributed by atoms with van der Waals surface area (Å²) in [7, 11) is 0. The number of amides is 1. The summed E-state index contributed by atoms with van der Waals surface area (Å²) in [6.07, 6.45) is 1.30. The Morgan fingerprint density at radius 1 is 1.20 bits per heavy atom. The Balaban J connectivity index is 2.29. The van der Waals surface area contributed by atoms with Crippen LogP contribution >= 0.6 is 23.2 Å². The molecule has 0 bridgehead atoms. The van der Waals surface area contributed by atoms with Crippen molar-refractivity contribution in [3.8, 4) is 11.3 Å². The van der Waals surface area contributed by atoms with E-state index >= 15 is 0 Å². The molecule has 0 radical (unpaired) electrons. The average Bonchev–Trinajstić information content (AvgIpc) is 2.47. The summed E-state index contributed by atoms with van der Waals surface area (Å²) in [5.41, 5.74) is 1.51. The topological polar surface area (TPSA) is 75.1 Å². The Morgan fingerprint density at radius 3 is 2.70 bits per heavy atom. The lowest BCUT2D eigenvalue weighted by atomic mass is 10.1. The molecule has 0 aliphatic rings. The molecule has 0 aliphatic heterocycles. The molecular formula is C13H11Cl2N3O2. The molecule has 1 heterocycles. The molecule has 0 fully saturated rings. The standard InChI is InChI=1S/C13H11Cl2N3O2/c14-9-2-1-8(5-10(9)15)11-6-12(18-7-17-11)13(20)16-3-4-19/h1-2,5-7,19H,3-4H2,(H,16,20).